The number of aromatic nitrogens is 3. The zero-order chi connectivity index (χ0) is 9.97. The van der Waals surface area contributed by atoms with Gasteiger partial charge in [-0.2, -0.15) is 5.10 Å². The molecule has 14 heavy (non-hydrogen) atoms. The molecule has 0 N–H and O–H groups in total. The van der Waals surface area contributed by atoms with Gasteiger partial charge < -0.3 is 0 Å². The topological polar surface area (TPSA) is 47.8 Å². The summed E-state index contributed by atoms with van der Waals surface area (Å²) in [5.74, 6) is 0.0780. The van der Waals surface area contributed by atoms with Crippen molar-refractivity contribution in [2.45, 2.75) is 6.42 Å². The van der Waals surface area contributed by atoms with E-state index < -0.39 is 0 Å². The minimum atomic E-state index is 0.0780. The third-order valence-corrected chi connectivity index (χ3v) is 2.70. The first kappa shape index (κ1) is 9.08. The van der Waals surface area contributed by atoms with Crippen molar-refractivity contribution in [3.8, 4) is 0 Å². The lowest BCUT2D eigenvalue weighted by molar-refractivity contribution is 0.0985. The Labute approximate surface area is 85.2 Å². The number of nitrogens with zero attached hydrogens (tertiary/aromatic N) is 3. The molecule has 0 aliphatic carbocycles. The molecule has 5 heteroatoms. The molecule has 0 bridgehead atoms. The van der Waals surface area contributed by atoms with E-state index in [4.69, 9.17) is 0 Å². The second-order valence-electron chi connectivity index (χ2n) is 2.91. The van der Waals surface area contributed by atoms with Crippen LogP contribution in [-0.2, 0) is 13.5 Å². The number of aryl methyl sites for hydroxylation is 1. The molecule has 2 aromatic heterocycles. The quantitative estimate of drug-likeness (QED) is 0.713. The Morgan fingerprint density at radius 1 is 1.64 bits per heavy atom. The molecule has 2 rings (SSSR count). The van der Waals surface area contributed by atoms with E-state index in [1.54, 1.807) is 35.7 Å². The van der Waals surface area contributed by atoms with E-state index in [9.17, 15) is 4.79 Å². The van der Waals surface area contributed by atoms with Gasteiger partial charge >= 0.3 is 0 Å². The van der Waals surface area contributed by atoms with Crippen LogP contribution in [0.25, 0.3) is 0 Å². The van der Waals surface area contributed by atoms with E-state index in [-0.39, 0.29) is 5.78 Å². The maximum atomic E-state index is 11.7. The summed E-state index contributed by atoms with van der Waals surface area (Å²) in [5, 5.41) is 3.95. The van der Waals surface area contributed by atoms with Crippen molar-refractivity contribution in [3.05, 3.63) is 34.5 Å². The maximum Gasteiger partial charge on any atom is 0.186 e. The summed E-state index contributed by atoms with van der Waals surface area (Å²) >= 11 is 1.49. The smallest absolute Gasteiger partial charge is 0.186 e. The second-order valence-corrected chi connectivity index (χ2v) is 3.88. The first-order chi connectivity index (χ1) is 6.77. The lowest BCUT2D eigenvalue weighted by Crippen LogP contribution is -2.08. The lowest BCUT2D eigenvalue weighted by atomic mass is 10.2. The van der Waals surface area contributed by atoms with Gasteiger partial charge in [0.25, 0.3) is 0 Å². The molecule has 0 saturated heterocycles. The molecule has 0 spiro atoms. The Hall–Kier alpha value is -1.49. The van der Waals surface area contributed by atoms with E-state index in [2.05, 4.69) is 10.1 Å². The van der Waals surface area contributed by atoms with E-state index in [0.29, 0.717) is 12.1 Å². The van der Waals surface area contributed by atoms with Crippen LogP contribution in [0.2, 0.25) is 0 Å². The van der Waals surface area contributed by atoms with Gasteiger partial charge in [0.05, 0.1) is 5.51 Å². The highest BCUT2D eigenvalue weighted by molar-refractivity contribution is 7.09. The minimum Gasteiger partial charge on any atom is -0.292 e. The highest BCUT2D eigenvalue weighted by Crippen LogP contribution is 2.10. The largest absolute Gasteiger partial charge is 0.292 e. The second kappa shape index (κ2) is 3.71. The number of rotatable bonds is 3. The Balaban J connectivity index is 2.14. The average Bonchev–Trinajstić information content (AvgIpc) is 2.75. The van der Waals surface area contributed by atoms with Gasteiger partial charge in [0.2, 0.25) is 0 Å². The normalized spacial score (nSPS) is 10.4. The van der Waals surface area contributed by atoms with Gasteiger partial charge in [0.15, 0.2) is 5.78 Å². The third-order valence-electron chi connectivity index (χ3n) is 1.92. The Kier molecular flexibility index (Phi) is 2.41. The predicted octanol–water partition coefficient (Wildman–Crippen LogP) is 1.30. The van der Waals surface area contributed by atoms with Crippen molar-refractivity contribution < 1.29 is 4.79 Å². The fourth-order valence-corrected chi connectivity index (χ4v) is 1.82. The number of hydrogen-bond donors (Lipinski definition) is 0. The van der Waals surface area contributed by atoms with E-state index >= 15 is 0 Å². The average molecular weight is 207 g/mol. The first-order valence-electron chi connectivity index (χ1n) is 4.16. The van der Waals surface area contributed by atoms with Crippen molar-refractivity contribution >= 4 is 17.1 Å². The first-order valence-corrected chi connectivity index (χ1v) is 5.04. The number of Topliss-reactive ketones (excluding diaryl/α,β-unsaturated/α-hetero) is 1. The monoisotopic (exact) mass is 207 g/mol. The van der Waals surface area contributed by atoms with Gasteiger partial charge in [0.1, 0.15) is 5.69 Å². The summed E-state index contributed by atoms with van der Waals surface area (Å²) in [6.45, 7) is 0. The van der Waals surface area contributed by atoms with Gasteiger partial charge in [-0.05, 0) is 6.07 Å². The van der Waals surface area contributed by atoms with Gasteiger partial charge in [0, 0.05) is 30.7 Å². The zero-order valence-electron chi connectivity index (χ0n) is 7.67. The fraction of sp³-hybridized carbons (Fsp3) is 0.222. The number of carbonyl (C=O) groups excluding carboxylic acids is 1. The number of hydrogen-bond acceptors (Lipinski definition) is 4. The number of thiazole rings is 1. The fourth-order valence-electron chi connectivity index (χ4n) is 1.23. The van der Waals surface area contributed by atoms with E-state index in [1.165, 1.54) is 11.3 Å². The van der Waals surface area contributed by atoms with Crippen molar-refractivity contribution in [2.24, 2.45) is 7.05 Å². The van der Waals surface area contributed by atoms with Crippen LogP contribution in [0.1, 0.15) is 15.4 Å². The molecule has 2 heterocycles. The molecule has 0 aliphatic heterocycles. The predicted molar refractivity (Wildman–Crippen MR) is 53.4 cm³/mol. The van der Waals surface area contributed by atoms with Crippen LogP contribution in [0.4, 0.5) is 0 Å². The molecule has 72 valence electrons. The molecule has 0 amide bonds. The Morgan fingerprint density at radius 2 is 2.50 bits per heavy atom. The lowest BCUT2D eigenvalue weighted by Gasteiger charge is -1.98. The highest BCUT2D eigenvalue weighted by Gasteiger charge is 2.11. The van der Waals surface area contributed by atoms with E-state index in [0.717, 1.165) is 4.88 Å². The summed E-state index contributed by atoms with van der Waals surface area (Å²) < 4.78 is 1.59. The van der Waals surface area contributed by atoms with Crippen molar-refractivity contribution in [1.82, 2.24) is 14.8 Å². The molecule has 0 unspecified atom stereocenters. The zero-order valence-corrected chi connectivity index (χ0v) is 8.49. The van der Waals surface area contributed by atoms with Gasteiger partial charge in [-0.15, -0.1) is 11.3 Å². The van der Waals surface area contributed by atoms with Crippen molar-refractivity contribution in [2.75, 3.05) is 0 Å². The summed E-state index contributed by atoms with van der Waals surface area (Å²) in [4.78, 5) is 16.6. The van der Waals surface area contributed by atoms with Crippen LogP contribution < -0.4 is 0 Å². The van der Waals surface area contributed by atoms with Crippen LogP contribution in [0.15, 0.2) is 24.0 Å². The van der Waals surface area contributed by atoms with Crippen LogP contribution in [0, 0.1) is 0 Å². The molecule has 0 aromatic carbocycles. The van der Waals surface area contributed by atoms with Gasteiger partial charge in [-0.1, -0.05) is 0 Å². The SMILES string of the molecule is Cn1nccc1C(=O)Cc1cncs1. The molecule has 2 aromatic rings. The highest BCUT2D eigenvalue weighted by atomic mass is 32.1. The molecule has 0 fully saturated rings. The van der Waals surface area contributed by atoms with Gasteiger partial charge in [-0.25, -0.2) is 0 Å². The maximum absolute atomic E-state index is 11.7. The van der Waals surface area contributed by atoms with Crippen LogP contribution in [0.3, 0.4) is 0 Å². The summed E-state index contributed by atoms with van der Waals surface area (Å²) in [7, 11) is 1.76. The molecular weight excluding hydrogens is 198 g/mol. The third kappa shape index (κ3) is 1.72. The van der Waals surface area contributed by atoms with Crippen molar-refractivity contribution in [3.63, 3.8) is 0 Å². The van der Waals surface area contributed by atoms with Crippen LogP contribution >= 0.6 is 11.3 Å². The molecule has 4 nitrogen and oxygen atoms in total. The summed E-state index contributed by atoms with van der Waals surface area (Å²) in [5.41, 5.74) is 2.37. The Morgan fingerprint density at radius 3 is 3.07 bits per heavy atom. The Bertz CT molecular complexity index is 433. The summed E-state index contributed by atoms with van der Waals surface area (Å²) in [6.07, 6.45) is 3.75. The van der Waals surface area contributed by atoms with Gasteiger partial charge in [-0.3, -0.25) is 14.5 Å². The van der Waals surface area contributed by atoms with E-state index in [1.807, 2.05) is 0 Å². The standard InChI is InChI=1S/C9H9N3OS/c1-12-8(2-3-11-12)9(13)4-7-5-10-6-14-7/h2-3,5-6H,4H2,1H3. The van der Waals surface area contributed by atoms with Crippen LogP contribution in [-0.4, -0.2) is 20.5 Å². The van der Waals surface area contributed by atoms with Crippen LogP contribution in [0.5, 0.6) is 0 Å². The number of carbonyl (C=O) groups is 1. The molecule has 0 atom stereocenters. The summed E-state index contributed by atoms with van der Waals surface area (Å²) in [6, 6.07) is 1.73. The number of ketones is 1. The van der Waals surface area contributed by atoms with Crippen molar-refractivity contribution in [1.29, 1.82) is 0 Å². The molecular formula is C9H9N3OS. The molecule has 0 aliphatic rings. The minimum absolute atomic E-state index is 0.0780. The molecule has 0 radical (unpaired) electrons. The molecule has 0 saturated carbocycles.